The van der Waals surface area contributed by atoms with Crippen LogP contribution in [0.4, 0.5) is 23.5 Å². The number of nitrogens with zero attached hydrogens (tertiary/aromatic N) is 4. The summed E-state index contributed by atoms with van der Waals surface area (Å²) >= 11 is 6.22. The lowest BCUT2D eigenvalue weighted by atomic mass is 10.2. The van der Waals surface area contributed by atoms with Crippen molar-refractivity contribution in [2.75, 3.05) is 36.2 Å². The zero-order valence-corrected chi connectivity index (χ0v) is 13.4. The number of para-hydroxylation sites is 1. The molecule has 0 atom stereocenters. The highest BCUT2D eigenvalue weighted by Crippen LogP contribution is 2.28. The third-order valence-corrected chi connectivity index (χ3v) is 3.13. The molecule has 2 N–H and O–H groups in total. The molecule has 0 saturated carbocycles. The van der Waals surface area contributed by atoms with Crippen molar-refractivity contribution in [2.45, 2.75) is 13.8 Å². The minimum atomic E-state index is 0.459. The Bertz CT molecular complexity index is 609. The first kappa shape index (κ1) is 15.3. The van der Waals surface area contributed by atoms with Gasteiger partial charge in [-0.3, -0.25) is 0 Å². The molecule has 0 bridgehead atoms. The standard InChI is InChI=1S/C14H19ClN6/c1-5-16-12-18-13(20-14(19-12)21(3)4)17-11-9(2)7-6-8-10(11)15/h6-8H,5H2,1-4H3,(H2,16,17,18,19,20). The number of aromatic nitrogens is 3. The van der Waals surface area contributed by atoms with Crippen molar-refractivity contribution in [3.8, 4) is 0 Å². The van der Waals surface area contributed by atoms with Crippen LogP contribution in [0.5, 0.6) is 0 Å². The van der Waals surface area contributed by atoms with Gasteiger partial charge in [-0.05, 0) is 25.5 Å². The van der Waals surface area contributed by atoms with Gasteiger partial charge in [0.15, 0.2) is 0 Å². The van der Waals surface area contributed by atoms with Gasteiger partial charge in [-0.25, -0.2) is 0 Å². The van der Waals surface area contributed by atoms with E-state index in [-0.39, 0.29) is 0 Å². The third kappa shape index (κ3) is 3.72. The van der Waals surface area contributed by atoms with Crippen LogP contribution >= 0.6 is 11.6 Å². The quantitative estimate of drug-likeness (QED) is 0.885. The molecule has 7 heteroatoms. The van der Waals surface area contributed by atoms with Gasteiger partial charge >= 0.3 is 0 Å². The maximum atomic E-state index is 6.22. The van der Waals surface area contributed by atoms with E-state index in [4.69, 9.17) is 11.6 Å². The molecule has 1 aromatic carbocycles. The third-order valence-electron chi connectivity index (χ3n) is 2.82. The van der Waals surface area contributed by atoms with Crippen LogP contribution < -0.4 is 15.5 Å². The molecule has 0 radical (unpaired) electrons. The molecule has 0 aliphatic carbocycles. The Morgan fingerprint density at radius 1 is 1.14 bits per heavy atom. The second-order valence-corrected chi connectivity index (χ2v) is 5.17. The van der Waals surface area contributed by atoms with Crippen LogP contribution in [0.25, 0.3) is 0 Å². The largest absolute Gasteiger partial charge is 0.354 e. The predicted octanol–water partition coefficient (Wildman–Crippen LogP) is 3.07. The maximum Gasteiger partial charge on any atom is 0.233 e. The maximum absolute atomic E-state index is 6.22. The van der Waals surface area contributed by atoms with Gasteiger partial charge in [0.2, 0.25) is 17.8 Å². The lowest BCUT2D eigenvalue weighted by Gasteiger charge is -2.15. The Balaban J connectivity index is 2.39. The van der Waals surface area contributed by atoms with Crippen LogP contribution in [0.3, 0.4) is 0 Å². The minimum absolute atomic E-state index is 0.459. The van der Waals surface area contributed by atoms with Crippen LogP contribution in [0, 0.1) is 6.92 Å². The molecule has 0 saturated heterocycles. The van der Waals surface area contributed by atoms with Gasteiger partial charge < -0.3 is 15.5 Å². The van der Waals surface area contributed by atoms with E-state index < -0.39 is 0 Å². The molecule has 0 fully saturated rings. The molecule has 21 heavy (non-hydrogen) atoms. The lowest BCUT2D eigenvalue weighted by molar-refractivity contribution is 0.953. The molecule has 112 valence electrons. The molecular formula is C14H19ClN6. The van der Waals surface area contributed by atoms with E-state index in [0.29, 0.717) is 22.9 Å². The molecule has 0 aliphatic rings. The molecule has 0 unspecified atom stereocenters. The summed E-state index contributed by atoms with van der Waals surface area (Å²) in [5.74, 6) is 1.57. The minimum Gasteiger partial charge on any atom is -0.354 e. The summed E-state index contributed by atoms with van der Waals surface area (Å²) < 4.78 is 0. The zero-order valence-electron chi connectivity index (χ0n) is 12.6. The fourth-order valence-corrected chi connectivity index (χ4v) is 2.03. The summed E-state index contributed by atoms with van der Waals surface area (Å²) in [4.78, 5) is 14.9. The van der Waals surface area contributed by atoms with Gasteiger partial charge in [-0.15, -0.1) is 0 Å². The Morgan fingerprint density at radius 3 is 2.48 bits per heavy atom. The van der Waals surface area contributed by atoms with Crippen LogP contribution in [-0.2, 0) is 0 Å². The Kier molecular flexibility index (Phi) is 4.80. The summed E-state index contributed by atoms with van der Waals surface area (Å²) in [5, 5.41) is 6.90. The first-order valence-corrected chi connectivity index (χ1v) is 7.08. The summed E-state index contributed by atoms with van der Waals surface area (Å²) in [7, 11) is 3.77. The molecule has 2 rings (SSSR count). The molecule has 0 amide bonds. The second kappa shape index (κ2) is 6.58. The fraction of sp³-hybridized carbons (Fsp3) is 0.357. The molecule has 1 heterocycles. The number of aryl methyl sites for hydroxylation is 1. The van der Waals surface area contributed by atoms with Gasteiger partial charge in [0.1, 0.15) is 0 Å². The molecular weight excluding hydrogens is 288 g/mol. The SMILES string of the molecule is CCNc1nc(Nc2c(C)cccc2Cl)nc(N(C)C)n1. The van der Waals surface area contributed by atoms with Crippen molar-refractivity contribution >= 4 is 35.1 Å². The normalized spacial score (nSPS) is 10.3. The highest BCUT2D eigenvalue weighted by molar-refractivity contribution is 6.33. The number of benzene rings is 1. The number of anilines is 4. The van der Waals surface area contributed by atoms with E-state index in [1.165, 1.54) is 0 Å². The number of hydrogen-bond acceptors (Lipinski definition) is 6. The molecule has 0 aliphatic heterocycles. The summed E-state index contributed by atoms with van der Waals surface area (Å²) in [6, 6.07) is 5.72. The summed E-state index contributed by atoms with van der Waals surface area (Å²) in [6.45, 7) is 4.71. The number of halogens is 1. The van der Waals surface area contributed by atoms with Crippen LogP contribution in [-0.4, -0.2) is 35.6 Å². The highest BCUT2D eigenvalue weighted by atomic mass is 35.5. The molecule has 2 aromatic rings. The Labute approximate surface area is 129 Å². The van der Waals surface area contributed by atoms with Crippen molar-refractivity contribution in [3.05, 3.63) is 28.8 Å². The van der Waals surface area contributed by atoms with Gasteiger partial charge in [0.25, 0.3) is 0 Å². The van der Waals surface area contributed by atoms with E-state index in [1.807, 2.05) is 51.0 Å². The zero-order chi connectivity index (χ0) is 15.4. The van der Waals surface area contributed by atoms with Crippen molar-refractivity contribution in [1.82, 2.24) is 15.0 Å². The average molecular weight is 307 g/mol. The van der Waals surface area contributed by atoms with Crippen molar-refractivity contribution < 1.29 is 0 Å². The topological polar surface area (TPSA) is 66.0 Å². The van der Waals surface area contributed by atoms with E-state index >= 15 is 0 Å². The number of nitrogens with one attached hydrogen (secondary N) is 2. The predicted molar refractivity (Wildman–Crippen MR) is 87.8 cm³/mol. The van der Waals surface area contributed by atoms with Gasteiger partial charge in [0.05, 0.1) is 10.7 Å². The molecule has 6 nitrogen and oxygen atoms in total. The van der Waals surface area contributed by atoms with Gasteiger partial charge in [-0.1, -0.05) is 23.7 Å². The molecule has 0 spiro atoms. The van der Waals surface area contributed by atoms with Gasteiger partial charge in [-0.2, -0.15) is 15.0 Å². The van der Waals surface area contributed by atoms with E-state index in [1.54, 1.807) is 0 Å². The van der Waals surface area contributed by atoms with E-state index in [9.17, 15) is 0 Å². The van der Waals surface area contributed by atoms with Crippen LogP contribution in [0.15, 0.2) is 18.2 Å². The number of hydrogen-bond donors (Lipinski definition) is 2. The van der Waals surface area contributed by atoms with Crippen molar-refractivity contribution in [1.29, 1.82) is 0 Å². The summed E-state index contributed by atoms with van der Waals surface area (Å²) in [5.41, 5.74) is 1.83. The average Bonchev–Trinajstić information content (AvgIpc) is 2.43. The van der Waals surface area contributed by atoms with Gasteiger partial charge in [0, 0.05) is 20.6 Å². The van der Waals surface area contributed by atoms with E-state index in [2.05, 4.69) is 25.6 Å². The molecule has 1 aromatic heterocycles. The fourth-order valence-electron chi connectivity index (χ4n) is 1.76. The first-order valence-electron chi connectivity index (χ1n) is 6.70. The second-order valence-electron chi connectivity index (χ2n) is 4.76. The monoisotopic (exact) mass is 306 g/mol. The first-order chi connectivity index (χ1) is 10.0. The Morgan fingerprint density at radius 2 is 1.86 bits per heavy atom. The highest BCUT2D eigenvalue weighted by Gasteiger charge is 2.10. The van der Waals surface area contributed by atoms with Crippen LogP contribution in [0.1, 0.15) is 12.5 Å². The lowest BCUT2D eigenvalue weighted by Crippen LogP contribution is -2.16. The van der Waals surface area contributed by atoms with E-state index in [0.717, 1.165) is 17.8 Å². The van der Waals surface area contributed by atoms with Crippen molar-refractivity contribution in [3.63, 3.8) is 0 Å². The van der Waals surface area contributed by atoms with Crippen molar-refractivity contribution in [2.24, 2.45) is 0 Å². The Hall–Kier alpha value is -2.08. The van der Waals surface area contributed by atoms with Crippen LogP contribution in [0.2, 0.25) is 5.02 Å². The smallest absolute Gasteiger partial charge is 0.233 e. The number of rotatable bonds is 5. The summed E-state index contributed by atoms with van der Waals surface area (Å²) in [6.07, 6.45) is 0.